The van der Waals surface area contributed by atoms with E-state index in [2.05, 4.69) is 20.7 Å². The number of rotatable bonds is 6. The van der Waals surface area contributed by atoms with E-state index in [9.17, 15) is 14.0 Å². The maximum absolute atomic E-state index is 14.2. The largest absolute Gasteiger partial charge is 0.347 e. The molecule has 0 aliphatic carbocycles. The number of aromatic nitrogens is 5. The van der Waals surface area contributed by atoms with E-state index in [0.717, 1.165) is 5.56 Å². The van der Waals surface area contributed by atoms with Gasteiger partial charge < -0.3 is 10.2 Å². The molecular formula is C21H24FN7O2. The van der Waals surface area contributed by atoms with Crippen LogP contribution >= 0.6 is 0 Å². The molecule has 1 N–H and O–H groups in total. The molecule has 1 aromatic carbocycles. The lowest BCUT2D eigenvalue weighted by Crippen LogP contribution is -2.38. The summed E-state index contributed by atoms with van der Waals surface area (Å²) in [5.41, 5.74) is 2.21. The number of likely N-dealkylation sites (tertiary alicyclic amines) is 1. The quantitative estimate of drug-likeness (QED) is 0.646. The summed E-state index contributed by atoms with van der Waals surface area (Å²) >= 11 is 0. The van der Waals surface area contributed by atoms with Crippen molar-refractivity contribution in [2.45, 2.75) is 38.6 Å². The zero-order valence-corrected chi connectivity index (χ0v) is 17.4. The minimum atomic E-state index is -1.11. The first kappa shape index (κ1) is 20.7. The van der Waals surface area contributed by atoms with Crippen molar-refractivity contribution in [3.63, 3.8) is 0 Å². The number of alkyl halides is 1. The van der Waals surface area contributed by atoms with Gasteiger partial charge in [0.2, 0.25) is 0 Å². The van der Waals surface area contributed by atoms with Crippen LogP contribution in [0.2, 0.25) is 0 Å². The maximum Gasteiger partial charge on any atom is 0.273 e. The summed E-state index contributed by atoms with van der Waals surface area (Å²) in [5.74, 6) is -0.597. The molecule has 0 radical (unpaired) electrons. The van der Waals surface area contributed by atoms with Crippen LogP contribution in [0.25, 0.3) is 0 Å². The van der Waals surface area contributed by atoms with Gasteiger partial charge in [-0.15, -0.1) is 5.10 Å². The number of aryl methyl sites for hydroxylation is 2. The number of carbonyl (C=O) groups is 2. The molecule has 4 rings (SSSR count). The molecule has 1 saturated heterocycles. The monoisotopic (exact) mass is 425 g/mol. The van der Waals surface area contributed by atoms with Crippen LogP contribution in [0.5, 0.6) is 0 Å². The molecule has 10 heteroatoms. The van der Waals surface area contributed by atoms with Gasteiger partial charge in [0.25, 0.3) is 11.8 Å². The lowest BCUT2D eigenvalue weighted by atomic mass is 10.2. The second-order valence-electron chi connectivity index (χ2n) is 7.74. The molecule has 0 spiro atoms. The molecule has 3 heterocycles. The summed E-state index contributed by atoms with van der Waals surface area (Å²) in [6, 6.07) is 9.16. The zero-order valence-electron chi connectivity index (χ0n) is 17.4. The molecule has 3 aromatic rings. The Morgan fingerprint density at radius 3 is 2.71 bits per heavy atom. The fraction of sp³-hybridized carbons (Fsp3) is 0.381. The first-order valence-corrected chi connectivity index (χ1v) is 10.1. The number of amides is 2. The third-order valence-electron chi connectivity index (χ3n) is 5.33. The van der Waals surface area contributed by atoms with Crippen LogP contribution in [-0.2, 0) is 20.1 Å². The SMILES string of the molecule is Cc1nn(C)cc1C(=O)N1CC(F)CC1Cn1cc(C(=O)NCc2ccccc2)nn1. The Labute approximate surface area is 178 Å². The summed E-state index contributed by atoms with van der Waals surface area (Å²) in [4.78, 5) is 26.8. The Kier molecular flexibility index (Phi) is 5.79. The van der Waals surface area contributed by atoms with E-state index in [1.165, 1.54) is 15.8 Å². The van der Waals surface area contributed by atoms with E-state index in [4.69, 9.17) is 0 Å². The highest BCUT2D eigenvalue weighted by molar-refractivity contribution is 5.95. The van der Waals surface area contributed by atoms with Gasteiger partial charge in [-0.3, -0.25) is 14.3 Å². The number of hydrogen-bond donors (Lipinski definition) is 1. The number of nitrogens with zero attached hydrogens (tertiary/aromatic N) is 6. The zero-order chi connectivity index (χ0) is 22.0. The second-order valence-corrected chi connectivity index (χ2v) is 7.74. The molecule has 0 saturated carbocycles. The fourth-order valence-electron chi connectivity index (χ4n) is 3.82. The van der Waals surface area contributed by atoms with Crippen molar-refractivity contribution >= 4 is 11.8 Å². The molecule has 31 heavy (non-hydrogen) atoms. The van der Waals surface area contributed by atoms with Gasteiger partial charge in [0.05, 0.1) is 36.6 Å². The van der Waals surface area contributed by atoms with Crippen molar-refractivity contribution in [2.75, 3.05) is 6.54 Å². The number of hydrogen-bond acceptors (Lipinski definition) is 5. The summed E-state index contributed by atoms with van der Waals surface area (Å²) < 4.78 is 17.2. The molecule has 2 unspecified atom stereocenters. The molecule has 0 bridgehead atoms. The Balaban J connectivity index is 1.41. The number of halogens is 1. The van der Waals surface area contributed by atoms with Crippen molar-refractivity contribution in [1.82, 2.24) is 35.0 Å². The highest BCUT2D eigenvalue weighted by Crippen LogP contribution is 2.24. The summed E-state index contributed by atoms with van der Waals surface area (Å²) in [6.45, 7) is 2.41. The van der Waals surface area contributed by atoms with E-state index in [-0.39, 0.29) is 43.1 Å². The van der Waals surface area contributed by atoms with Crippen molar-refractivity contribution in [1.29, 1.82) is 0 Å². The van der Waals surface area contributed by atoms with E-state index >= 15 is 0 Å². The van der Waals surface area contributed by atoms with Crippen LogP contribution in [0.15, 0.2) is 42.7 Å². The average Bonchev–Trinajstić information content (AvgIpc) is 3.45. The number of benzene rings is 1. The molecule has 162 valence electrons. The highest BCUT2D eigenvalue weighted by atomic mass is 19.1. The second kappa shape index (κ2) is 8.66. The van der Waals surface area contributed by atoms with Gasteiger partial charge in [-0.2, -0.15) is 5.10 Å². The third kappa shape index (κ3) is 4.62. The van der Waals surface area contributed by atoms with Crippen molar-refractivity contribution in [3.05, 3.63) is 65.2 Å². The van der Waals surface area contributed by atoms with E-state index in [1.54, 1.807) is 24.9 Å². The first-order chi connectivity index (χ1) is 14.9. The van der Waals surface area contributed by atoms with E-state index in [1.807, 2.05) is 30.3 Å². The third-order valence-corrected chi connectivity index (χ3v) is 5.33. The minimum Gasteiger partial charge on any atom is -0.347 e. The van der Waals surface area contributed by atoms with E-state index in [0.29, 0.717) is 17.8 Å². The Bertz CT molecular complexity index is 1080. The van der Waals surface area contributed by atoms with Crippen molar-refractivity contribution in [3.8, 4) is 0 Å². The van der Waals surface area contributed by atoms with E-state index < -0.39 is 6.17 Å². The number of carbonyl (C=O) groups excluding carboxylic acids is 2. The standard InChI is InChI=1S/C21H24FN7O2/c1-14-18(12-27(2)25-14)21(31)29-10-16(22)8-17(29)11-28-13-19(24-26-28)20(30)23-9-15-6-4-3-5-7-15/h3-7,12-13,16-17H,8-11H2,1-2H3,(H,23,30). The number of nitrogens with one attached hydrogen (secondary N) is 1. The van der Waals surface area contributed by atoms with Gasteiger partial charge in [0.15, 0.2) is 5.69 Å². The summed E-state index contributed by atoms with van der Waals surface area (Å²) in [7, 11) is 1.74. The first-order valence-electron chi connectivity index (χ1n) is 10.1. The van der Waals surface area contributed by atoms with Gasteiger partial charge in [-0.25, -0.2) is 9.07 Å². The summed E-state index contributed by atoms with van der Waals surface area (Å²) in [6.07, 6.45) is 2.26. The molecule has 2 amide bonds. The topological polar surface area (TPSA) is 97.9 Å². The lowest BCUT2D eigenvalue weighted by Gasteiger charge is -2.23. The normalized spacial score (nSPS) is 18.4. The van der Waals surface area contributed by atoms with Gasteiger partial charge in [0.1, 0.15) is 6.17 Å². The predicted octanol–water partition coefficient (Wildman–Crippen LogP) is 1.50. The summed E-state index contributed by atoms with van der Waals surface area (Å²) in [5, 5.41) is 14.9. The van der Waals surface area contributed by atoms with Crippen molar-refractivity contribution in [2.24, 2.45) is 7.05 Å². The molecule has 1 aliphatic heterocycles. The van der Waals surface area contributed by atoms with Crippen LogP contribution in [0, 0.1) is 6.92 Å². The van der Waals surface area contributed by atoms with Gasteiger partial charge in [-0.05, 0) is 12.5 Å². The molecule has 1 fully saturated rings. The average molecular weight is 425 g/mol. The molecule has 2 aromatic heterocycles. The van der Waals surface area contributed by atoms with Gasteiger partial charge >= 0.3 is 0 Å². The van der Waals surface area contributed by atoms with Gasteiger partial charge in [-0.1, -0.05) is 35.5 Å². The fourth-order valence-corrected chi connectivity index (χ4v) is 3.82. The Hall–Kier alpha value is -3.56. The van der Waals surface area contributed by atoms with Crippen LogP contribution in [0.4, 0.5) is 4.39 Å². The highest BCUT2D eigenvalue weighted by Gasteiger charge is 2.37. The Morgan fingerprint density at radius 1 is 1.23 bits per heavy atom. The molecular weight excluding hydrogens is 401 g/mol. The maximum atomic E-state index is 14.2. The smallest absolute Gasteiger partial charge is 0.273 e. The Morgan fingerprint density at radius 2 is 2.00 bits per heavy atom. The molecule has 1 aliphatic rings. The predicted molar refractivity (Wildman–Crippen MR) is 110 cm³/mol. The van der Waals surface area contributed by atoms with Gasteiger partial charge in [0, 0.05) is 26.2 Å². The minimum absolute atomic E-state index is 0.0248. The molecule has 9 nitrogen and oxygen atoms in total. The van der Waals surface area contributed by atoms with Crippen LogP contribution in [0.1, 0.15) is 38.5 Å². The van der Waals surface area contributed by atoms with Crippen LogP contribution < -0.4 is 5.32 Å². The van der Waals surface area contributed by atoms with Crippen LogP contribution in [-0.4, -0.2) is 60.2 Å². The van der Waals surface area contributed by atoms with Crippen LogP contribution in [0.3, 0.4) is 0 Å². The van der Waals surface area contributed by atoms with Crippen molar-refractivity contribution < 1.29 is 14.0 Å². The lowest BCUT2D eigenvalue weighted by molar-refractivity contribution is 0.0713. The molecule has 2 atom stereocenters.